The van der Waals surface area contributed by atoms with E-state index in [4.69, 9.17) is 0 Å². The molecule has 2 unspecified atom stereocenters. The van der Waals surface area contributed by atoms with Gasteiger partial charge in [-0.3, -0.25) is 9.67 Å². The highest BCUT2D eigenvalue weighted by Crippen LogP contribution is 2.35. The van der Waals surface area contributed by atoms with E-state index in [0.29, 0.717) is 29.7 Å². The van der Waals surface area contributed by atoms with Crippen molar-refractivity contribution in [3.05, 3.63) is 43.0 Å². The van der Waals surface area contributed by atoms with Gasteiger partial charge in [0.15, 0.2) is 0 Å². The molecular formula is C25H31FN6O2. The molecule has 180 valence electrons. The fraction of sp³-hybridized carbons (Fsp3) is 0.480. The molecule has 0 saturated carbocycles. The summed E-state index contributed by atoms with van der Waals surface area (Å²) in [5.41, 5.74) is 1.89. The number of benzene rings is 1. The van der Waals surface area contributed by atoms with Crippen molar-refractivity contribution in [1.29, 1.82) is 0 Å². The van der Waals surface area contributed by atoms with Crippen LogP contribution in [0.25, 0.3) is 22.4 Å². The standard InChI is InChI=1S/C25H31FN6O2/c1-25(2,34)14-32-13-16(10-29-32)15-4-6-18(22(33)8-15)20-11-28-23(12-27-20)31(3)21-9-17-5-7-19(30-17)24(21)26/h4,6,8,10-13,17,19,21,24,30,33-34H,5,7,9,14H2,1-3H3/t17?,19?,21-,24+/m0/s1. The van der Waals surface area contributed by atoms with Gasteiger partial charge in [0.25, 0.3) is 0 Å². The van der Waals surface area contributed by atoms with Crippen molar-refractivity contribution in [3.8, 4) is 28.1 Å². The van der Waals surface area contributed by atoms with Gasteiger partial charge in [0.1, 0.15) is 17.7 Å². The van der Waals surface area contributed by atoms with Crippen LogP contribution in [0.2, 0.25) is 0 Å². The van der Waals surface area contributed by atoms with Gasteiger partial charge in [-0.05, 0) is 50.8 Å². The number of rotatable bonds is 6. The minimum absolute atomic E-state index is 0.0730. The second kappa shape index (κ2) is 8.63. The summed E-state index contributed by atoms with van der Waals surface area (Å²) in [6.07, 6.45) is 8.52. The Hall–Kier alpha value is -3.04. The number of phenols is 1. The summed E-state index contributed by atoms with van der Waals surface area (Å²) in [7, 11) is 1.87. The Morgan fingerprint density at radius 1 is 1.18 bits per heavy atom. The largest absolute Gasteiger partial charge is 0.507 e. The van der Waals surface area contributed by atoms with E-state index in [1.165, 1.54) is 0 Å². The van der Waals surface area contributed by atoms with Gasteiger partial charge >= 0.3 is 0 Å². The maximum absolute atomic E-state index is 14.9. The van der Waals surface area contributed by atoms with E-state index in [0.717, 1.165) is 30.4 Å². The van der Waals surface area contributed by atoms with Crippen LogP contribution in [0.1, 0.15) is 33.1 Å². The average Bonchev–Trinajstić information content (AvgIpc) is 3.42. The van der Waals surface area contributed by atoms with Crippen LogP contribution < -0.4 is 10.2 Å². The highest BCUT2D eigenvalue weighted by Gasteiger charge is 2.43. The number of halogens is 1. The molecule has 0 radical (unpaired) electrons. The number of aromatic hydroxyl groups is 1. The normalized spacial score (nSPS) is 24.4. The lowest BCUT2D eigenvalue weighted by Crippen LogP contribution is -2.55. The van der Waals surface area contributed by atoms with Crippen molar-refractivity contribution in [2.45, 2.75) is 69.6 Å². The van der Waals surface area contributed by atoms with Crippen molar-refractivity contribution < 1.29 is 14.6 Å². The fourth-order valence-corrected chi connectivity index (χ4v) is 5.08. The van der Waals surface area contributed by atoms with Gasteiger partial charge < -0.3 is 20.4 Å². The summed E-state index contributed by atoms with van der Waals surface area (Å²) in [6, 6.07) is 5.43. The number of piperidine rings is 1. The smallest absolute Gasteiger partial charge is 0.147 e. The molecule has 3 N–H and O–H groups in total. The highest BCUT2D eigenvalue weighted by molar-refractivity contribution is 5.73. The van der Waals surface area contributed by atoms with E-state index >= 15 is 0 Å². The summed E-state index contributed by atoms with van der Waals surface area (Å²) in [4.78, 5) is 10.9. The van der Waals surface area contributed by atoms with Crippen LogP contribution in [0, 0.1) is 0 Å². The molecule has 1 aromatic carbocycles. The third-order valence-electron chi connectivity index (χ3n) is 6.84. The first-order valence-corrected chi connectivity index (χ1v) is 11.7. The lowest BCUT2D eigenvalue weighted by molar-refractivity contribution is 0.0577. The van der Waals surface area contributed by atoms with Gasteiger partial charge in [-0.2, -0.15) is 5.10 Å². The number of hydrogen-bond donors (Lipinski definition) is 3. The quantitative estimate of drug-likeness (QED) is 0.513. The van der Waals surface area contributed by atoms with Crippen LogP contribution >= 0.6 is 0 Å². The molecule has 0 aliphatic carbocycles. The summed E-state index contributed by atoms with van der Waals surface area (Å²) in [6.45, 7) is 3.82. The van der Waals surface area contributed by atoms with E-state index in [1.54, 1.807) is 49.3 Å². The minimum Gasteiger partial charge on any atom is -0.507 e. The van der Waals surface area contributed by atoms with E-state index in [2.05, 4.69) is 20.4 Å². The number of alkyl halides is 1. The lowest BCUT2D eigenvalue weighted by Gasteiger charge is -2.38. The van der Waals surface area contributed by atoms with Gasteiger partial charge in [-0.25, -0.2) is 9.37 Å². The van der Waals surface area contributed by atoms with Crippen LogP contribution in [0.3, 0.4) is 0 Å². The molecule has 2 fully saturated rings. The Labute approximate surface area is 198 Å². The second-order valence-electron chi connectivity index (χ2n) is 10.1. The maximum atomic E-state index is 14.9. The SMILES string of the molecule is CN(c1cnc(-c2ccc(-c3cnn(CC(C)(C)O)c3)cc2O)cn1)[C@H]1CC2CCC(N2)[C@H]1F. The molecule has 3 aromatic rings. The molecule has 2 saturated heterocycles. The number of nitrogens with one attached hydrogen (secondary N) is 1. The van der Waals surface area contributed by atoms with E-state index in [-0.39, 0.29) is 17.8 Å². The number of phenolic OH excluding ortho intramolecular Hbond substituents is 1. The molecular weight excluding hydrogens is 435 g/mol. The van der Waals surface area contributed by atoms with Crippen molar-refractivity contribution in [3.63, 3.8) is 0 Å². The highest BCUT2D eigenvalue weighted by atomic mass is 19.1. The number of fused-ring (bicyclic) bond motifs is 2. The number of aliphatic hydroxyl groups is 1. The number of hydrogen-bond acceptors (Lipinski definition) is 7. The van der Waals surface area contributed by atoms with Crippen LogP contribution in [0.15, 0.2) is 43.0 Å². The van der Waals surface area contributed by atoms with Gasteiger partial charge in [0.05, 0.1) is 42.5 Å². The predicted molar refractivity (Wildman–Crippen MR) is 128 cm³/mol. The molecule has 2 bridgehead atoms. The molecule has 8 nitrogen and oxygen atoms in total. The first-order chi connectivity index (χ1) is 16.2. The molecule has 0 spiro atoms. The van der Waals surface area contributed by atoms with E-state index in [1.807, 2.05) is 24.2 Å². The molecule has 34 heavy (non-hydrogen) atoms. The molecule has 9 heteroatoms. The first-order valence-electron chi connectivity index (χ1n) is 11.7. The molecule has 2 aromatic heterocycles. The lowest BCUT2D eigenvalue weighted by atomic mass is 9.96. The molecule has 5 rings (SSSR count). The molecule has 2 aliphatic heterocycles. The third-order valence-corrected chi connectivity index (χ3v) is 6.84. The van der Waals surface area contributed by atoms with E-state index < -0.39 is 11.8 Å². The van der Waals surface area contributed by atoms with Crippen molar-refractivity contribution in [1.82, 2.24) is 25.1 Å². The Bertz CT molecular complexity index is 1160. The predicted octanol–water partition coefficient (Wildman–Crippen LogP) is 3.15. The van der Waals surface area contributed by atoms with Crippen molar-refractivity contribution in [2.24, 2.45) is 0 Å². The summed E-state index contributed by atoms with van der Waals surface area (Å²) < 4.78 is 16.6. The number of nitrogens with zero attached hydrogens (tertiary/aromatic N) is 5. The second-order valence-corrected chi connectivity index (χ2v) is 10.1. The Morgan fingerprint density at radius 2 is 2.00 bits per heavy atom. The Kier molecular flexibility index (Phi) is 5.77. The molecule has 0 amide bonds. The fourth-order valence-electron chi connectivity index (χ4n) is 5.08. The molecule has 2 aliphatic rings. The Balaban J connectivity index is 1.32. The van der Waals surface area contributed by atoms with Crippen LogP contribution in [-0.4, -0.2) is 66.9 Å². The molecule has 4 heterocycles. The zero-order chi connectivity index (χ0) is 24.0. The molecule has 4 atom stereocenters. The monoisotopic (exact) mass is 466 g/mol. The van der Waals surface area contributed by atoms with Crippen LogP contribution in [0.4, 0.5) is 10.2 Å². The Morgan fingerprint density at radius 3 is 2.71 bits per heavy atom. The van der Waals surface area contributed by atoms with Gasteiger partial charge in [-0.15, -0.1) is 0 Å². The summed E-state index contributed by atoms with van der Waals surface area (Å²) >= 11 is 0. The van der Waals surface area contributed by atoms with Crippen LogP contribution in [0.5, 0.6) is 5.75 Å². The van der Waals surface area contributed by atoms with E-state index in [9.17, 15) is 14.6 Å². The zero-order valence-corrected chi connectivity index (χ0v) is 19.7. The number of anilines is 1. The summed E-state index contributed by atoms with van der Waals surface area (Å²) in [5.74, 6) is 0.704. The van der Waals surface area contributed by atoms with Gasteiger partial charge in [-0.1, -0.05) is 6.07 Å². The first kappa shape index (κ1) is 22.7. The maximum Gasteiger partial charge on any atom is 0.147 e. The zero-order valence-electron chi connectivity index (χ0n) is 19.7. The summed E-state index contributed by atoms with van der Waals surface area (Å²) in [5, 5.41) is 28.3. The van der Waals surface area contributed by atoms with Crippen LogP contribution in [-0.2, 0) is 6.54 Å². The number of aromatic nitrogens is 4. The topological polar surface area (TPSA) is 99.3 Å². The van der Waals surface area contributed by atoms with Gasteiger partial charge in [0, 0.05) is 36.5 Å². The van der Waals surface area contributed by atoms with Crippen molar-refractivity contribution >= 4 is 5.82 Å². The third kappa shape index (κ3) is 4.50. The minimum atomic E-state index is -0.936. The van der Waals surface area contributed by atoms with Gasteiger partial charge in [0.2, 0.25) is 0 Å². The van der Waals surface area contributed by atoms with Crippen molar-refractivity contribution in [2.75, 3.05) is 11.9 Å². The average molecular weight is 467 g/mol.